The molecule has 13 heteroatoms. The monoisotopic (exact) mass is 521 g/mol. The lowest BCUT2D eigenvalue weighted by Gasteiger charge is -2.28. The highest BCUT2D eigenvalue weighted by atomic mass is 32.2. The Balaban J connectivity index is 1.53. The zero-order chi connectivity index (χ0) is 26.0. The van der Waals surface area contributed by atoms with Crippen molar-refractivity contribution in [2.45, 2.75) is 6.54 Å². The van der Waals surface area contributed by atoms with Gasteiger partial charge >= 0.3 is 0 Å². The zero-order valence-corrected chi connectivity index (χ0v) is 21.4. The average Bonchev–Trinajstić information content (AvgIpc) is 3.15. The molecule has 0 amide bonds. The highest BCUT2D eigenvalue weighted by molar-refractivity contribution is 7.92. The lowest BCUT2D eigenvalue weighted by molar-refractivity contribution is 0.122. The summed E-state index contributed by atoms with van der Waals surface area (Å²) in [4.78, 5) is 33.1. The van der Waals surface area contributed by atoms with Crippen molar-refractivity contribution in [3.8, 4) is 5.82 Å². The van der Waals surface area contributed by atoms with Crippen LogP contribution in [0.3, 0.4) is 0 Å². The van der Waals surface area contributed by atoms with E-state index in [4.69, 9.17) is 4.74 Å². The Bertz CT molecular complexity index is 1620. The Morgan fingerprint density at radius 3 is 2.59 bits per heavy atom. The molecule has 1 N–H and O–H groups in total. The van der Waals surface area contributed by atoms with E-state index in [0.29, 0.717) is 22.8 Å². The van der Waals surface area contributed by atoms with Gasteiger partial charge in [-0.2, -0.15) is 9.35 Å². The maximum Gasteiger partial charge on any atom is 0.278 e. The van der Waals surface area contributed by atoms with Crippen molar-refractivity contribution < 1.29 is 8.95 Å². The van der Waals surface area contributed by atoms with Crippen LogP contribution < -0.4 is 15.8 Å². The molecule has 0 aliphatic carbocycles. The number of ether oxygens (including phenoxy) is 1. The fourth-order valence-electron chi connectivity index (χ4n) is 4.03. The van der Waals surface area contributed by atoms with Gasteiger partial charge in [-0.05, 0) is 24.3 Å². The first-order valence-electron chi connectivity index (χ1n) is 11.6. The van der Waals surface area contributed by atoms with Crippen LogP contribution in [0.2, 0.25) is 0 Å². The molecule has 12 nitrogen and oxygen atoms in total. The number of morpholine rings is 1. The van der Waals surface area contributed by atoms with Gasteiger partial charge in [-0.25, -0.2) is 23.5 Å². The smallest absolute Gasteiger partial charge is 0.278 e. The van der Waals surface area contributed by atoms with E-state index >= 15 is 0 Å². The number of hydrogen-bond acceptors (Lipinski definition) is 10. The normalized spacial score (nSPS) is 14.1. The third-order valence-corrected chi connectivity index (χ3v) is 6.24. The highest BCUT2D eigenvalue weighted by Gasteiger charge is 2.19. The fourth-order valence-corrected chi connectivity index (χ4v) is 4.57. The molecule has 1 saturated heterocycles. The second-order valence-corrected chi connectivity index (χ2v) is 11.2. The Hall–Kier alpha value is -4.10. The summed E-state index contributed by atoms with van der Waals surface area (Å²) in [6, 6.07) is 7.98. The predicted octanol–water partition coefficient (Wildman–Crippen LogP) is 2.50. The molecule has 1 aliphatic rings. The van der Waals surface area contributed by atoms with Crippen LogP contribution in [0.5, 0.6) is 0 Å². The minimum atomic E-state index is -2.45. The second-order valence-electron chi connectivity index (χ2n) is 8.70. The minimum absolute atomic E-state index is 0.194. The minimum Gasteiger partial charge on any atom is -0.378 e. The van der Waals surface area contributed by atoms with Crippen molar-refractivity contribution in [1.82, 2.24) is 29.3 Å². The lowest BCUT2D eigenvalue weighted by atomic mass is 10.2. The molecule has 1 fully saturated rings. The molecule has 1 aromatic carbocycles. The third-order valence-electron chi connectivity index (χ3n) is 5.62. The first-order chi connectivity index (χ1) is 17.8. The molecule has 37 heavy (non-hydrogen) atoms. The summed E-state index contributed by atoms with van der Waals surface area (Å²) >= 11 is 0. The molecule has 0 bridgehead atoms. The number of rotatable bonds is 7. The van der Waals surface area contributed by atoms with Gasteiger partial charge in [-0.1, -0.05) is 6.08 Å². The van der Waals surface area contributed by atoms with Crippen molar-refractivity contribution in [3.63, 3.8) is 0 Å². The van der Waals surface area contributed by atoms with Crippen molar-refractivity contribution in [1.29, 1.82) is 0 Å². The van der Waals surface area contributed by atoms with Crippen molar-refractivity contribution >= 4 is 43.9 Å². The summed E-state index contributed by atoms with van der Waals surface area (Å²) in [5, 5.41) is 3.52. The quantitative estimate of drug-likeness (QED) is 0.364. The molecule has 4 aromatic rings. The molecule has 0 atom stereocenters. The van der Waals surface area contributed by atoms with Gasteiger partial charge in [0.1, 0.15) is 5.39 Å². The first-order valence-corrected chi connectivity index (χ1v) is 13.9. The Kier molecular flexibility index (Phi) is 6.72. The molecular formula is C24H27N9O3S. The molecule has 0 spiro atoms. The van der Waals surface area contributed by atoms with E-state index in [2.05, 4.69) is 41.1 Å². The molecule has 1 aliphatic heterocycles. The van der Waals surface area contributed by atoms with E-state index in [-0.39, 0.29) is 17.9 Å². The summed E-state index contributed by atoms with van der Waals surface area (Å²) < 4.78 is 24.7. The Morgan fingerprint density at radius 1 is 1.14 bits per heavy atom. The molecule has 0 radical (unpaired) electrons. The number of hydrogen-bond donors (Lipinski definition) is 1. The number of allylic oxidation sites excluding steroid dienone is 1. The van der Waals surface area contributed by atoms with Crippen molar-refractivity contribution in [2.75, 3.05) is 49.0 Å². The number of benzene rings is 1. The van der Waals surface area contributed by atoms with Crippen LogP contribution >= 0.6 is 0 Å². The van der Waals surface area contributed by atoms with Crippen LogP contribution in [0.15, 0.2) is 64.7 Å². The van der Waals surface area contributed by atoms with Crippen LogP contribution in [0, 0.1) is 0 Å². The van der Waals surface area contributed by atoms with Gasteiger partial charge in [0.15, 0.2) is 17.3 Å². The van der Waals surface area contributed by atoms with Gasteiger partial charge < -0.3 is 15.0 Å². The van der Waals surface area contributed by atoms with E-state index in [0.717, 1.165) is 37.7 Å². The van der Waals surface area contributed by atoms with Crippen molar-refractivity contribution in [2.24, 2.45) is 4.36 Å². The van der Waals surface area contributed by atoms with E-state index < -0.39 is 9.73 Å². The van der Waals surface area contributed by atoms with Crippen LogP contribution in [0.4, 0.5) is 23.1 Å². The number of anilines is 3. The third kappa shape index (κ3) is 5.37. The van der Waals surface area contributed by atoms with Crippen LogP contribution in [0.1, 0.15) is 0 Å². The second kappa shape index (κ2) is 10.1. The van der Waals surface area contributed by atoms with Crippen LogP contribution in [0.25, 0.3) is 16.9 Å². The molecule has 192 valence electrons. The number of nitrogens with zero attached hydrogens (tertiary/aromatic N) is 8. The van der Waals surface area contributed by atoms with E-state index in [9.17, 15) is 9.00 Å². The Labute approximate surface area is 213 Å². The van der Waals surface area contributed by atoms with Gasteiger partial charge in [0.25, 0.3) is 5.56 Å². The zero-order valence-electron chi connectivity index (χ0n) is 20.6. The largest absolute Gasteiger partial charge is 0.378 e. The summed E-state index contributed by atoms with van der Waals surface area (Å²) in [5.41, 5.74) is 1.97. The summed E-state index contributed by atoms with van der Waals surface area (Å²) in [7, 11) is -2.45. The van der Waals surface area contributed by atoms with Crippen LogP contribution in [-0.2, 0) is 21.0 Å². The van der Waals surface area contributed by atoms with Gasteiger partial charge in [0, 0.05) is 52.9 Å². The predicted molar refractivity (Wildman–Crippen MR) is 144 cm³/mol. The topological polar surface area (TPSA) is 132 Å². The summed E-state index contributed by atoms with van der Waals surface area (Å²) in [6.45, 7) is 7.13. The molecule has 0 unspecified atom stereocenters. The van der Waals surface area contributed by atoms with E-state index in [1.54, 1.807) is 10.8 Å². The van der Waals surface area contributed by atoms with Gasteiger partial charge in [0.05, 0.1) is 32.2 Å². The number of aromatic nitrogens is 6. The van der Waals surface area contributed by atoms with Gasteiger partial charge in [-0.15, -0.1) is 6.58 Å². The fraction of sp³-hybridized carbons (Fsp3) is 0.292. The maximum atomic E-state index is 13.1. The number of fused-ring (bicyclic) bond motifs is 1. The number of nitrogens with one attached hydrogen (secondary N) is 1. The van der Waals surface area contributed by atoms with Gasteiger partial charge in [-0.3, -0.25) is 9.78 Å². The highest BCUT2D eigenvalue weighted by Crippen LogP contribution is 2.22. The summed E-state index contributed by atoms with van der Waals surface area (Å²) in [5.74, 6) is 0.813. The Morgan fingerprint density at radius 2 is 1.89 bits per heavy atom. The summed E-state index contributed by atoms with van der Waals surface area (Å²) in [6.07, 6.45) is 9.02. The molecule has 4 heterocycles. The molecule has 3 aromatic heterocycles. The van der Waals surface area contributed by atoms with Crippen molar-refractivity contribution in [3.05, 3.63) is 65.9 Å². The van der Waals surface area contributed by atoms with E-state index in [1.165, 1.54) is 35.8 Å². The van der Waals surface area contributed by atoms with Crippen LogP contribution in [-0.4, -0.2) is 72.3 Å². The maximum absolute atomic E-state index is 13.1. The first kappa shape index (κ1) is 24.6. The molecule has 0 saturated carbocycles. The SMILES string of the molecule is C=CCn1c(=O)c2cnc(Nc3ccc(N4CCOCC4)cc3)nc2n1-c1cncc(N=S(C)(C)=O)n1. The average molecular weight is 522 g/mol. The molecular weight excluding hydrogens is 494 g/mol. The lowest BCUT2D eigenvalue weighted by Crippen LogP contribution is -2.36. The standard InChI is InChI=1S/C24H27N9O3S/c1-4-9-32-23(34)19-14-26-24(27-17-5-7-18(8-6-17)31-10-12-36-13-11-31)29-22(19)33(32)21-16-25-15-20(28-21)30-37(2,3)35/h4-8,14-16H,1,9-13H2,2-3H3,(H,26,27,29). The van der Waals surface area contributed by atoms with Gasteiger partial charge in [0.2, 0.25) is 5.95 Å². The molecule has 5 rings (SSSR count). The van der Waals surface area contributed by atoms with E-state index in [1.807, 2.05) is 24.3 Å².